The van der Waals surface area contributed by atoms with Crippen molar-refractivity contribution in [2.75, 3.05) is 11.9 Å². The van der Waals surface area contributed by atoms with Crippen LogP contribution in [-0.4, -0.2) is 18.4 Å². The molecule has 1 aromatic carbocycles. The van der Waals surface area contributed by atoms with Gasteiger partial charge in [-0.2, -0.15) is 0 Å². The lowest BCUT2D eigenvalue weighted by Gasteiger charge is -2.08. The lowest BCUT2D eigenvalue weighted by molar-refractivity contribution is -0.136. The standard InChI is InChI=1S/C15H15ClN2O3/c1-10-4-5-11(16)9-13(10)18-15(20)14(19)17-7-6-12-3-2-8-21-12/h2-5,8-9H,6-7H2,1H3,(H,17,19)(H,18,20). The molecule has 0 aliphatic rings. The van der Waals surface area contributed by atoms with Crippen molar-refractivity contribution in [3.05, 3.63) is 52.9 Å². The van der Waals surface area contributed by atoms with Crippen molar-refractivity contribution >= 4 is 29.1 Å². The van der Waals surface area contributed by atoms with E-state index in [1.54, 1.807) is 30.5 Å². The Hall–Kier alpha value is -2.27. The van der Waals surface area contributed by atoms with Crippen LogP contribution >= 0.6 is 11.6 Å². The van der Waals surface area contributed by atoms with Crippen molar-refractivity contribution in [2.24, 2.45) is 0 Å². The summed E-state index contributed by atoms with van der Waals surface area (Å²) in [4.78, 5) is 23.5. The summed E-state index contributed by atoms with van der Waals surface area (Å²) < 4.78 is 5.13. The van der Waals surface area contributed by atoms with Crippen LogP contribution in [0.15, 0.2) is 41.0 Å². The SMILES string of the molecule is Cc1ccc(Cl)cc1NC(=O)C(=O)NCCc1ccco1. The van der Waals surface area contributed by atoms with Gasteiger partial charge < -0.3 is 15.1 Å². The molecule has 0 fully saturated rings. The first-order valence-electron chi connectivity index (χ1n) is 6.44. The summed E-state index contributed by atoms with van der Waals surface area (Å²) in [6.45, 7) is 2.15. The molecule has 6 heteroatoms. The second-order valence-electron chi connectivity index (χ2n) is 4.50. The van der Waals surface area contributed by atoms with Gasteiger partial charge in [-0.05, 0) is 36.8 Å². The Morgan fingerprint density at radius 3 is 2.76 bits per heavy atom. The fourth-order valence-electron chi connectivity index (χ4n) is 1.74. The highest BCUT2D eigenvalue weighted by molar-refractivity contribution is 6.40. The van der Waals surface area contributed by atoms with E-state index in [0.717, 1.165) is 11.3 Å². The van der Waals surface area contributed by atoms with Gasteiger partial charge in [0, 0.05) is 23.7 Å². The van der Waals surface area contributed by atoms with Crippen LogP contribution in [-0.2, 0) is 16.0 Å². The molecule has 0 radical (unpaired) electrons. The molecule has 0 aliphatic heterocycles. The summed E-state index contributed by atoms with van der Waals surface area (Å²) >= 11 is 5.86. The zero-order valence-corrected chi connectivity index (χ0v) is 12.2. The molecule has 0 saturated carbocycles. The Bertz CT molecular complexity index is 638. The molecule has 2 aromatic rings. The number of amides is 2. The highest BCUT2D eigenvalue weighted by atomic mass is 35.5. The van der Waals surface area contributed by atoms with Gasteiger partial charge in [0.2, 0.25) is 0 Å². The van der Waals surface area contributed by atoms with Gasteiger partial charge in [-0.15, -0.1) is 0 Å². The number of hydrogen-bond acceptors (Lipinski definition) is 3. The molecule has 0 unspecified atom stereocenters. The number of rotatable bonds is 4. The molecular formula is C15H15ClN2O3. The van der Waals surface area contributed by atoms with Gasteiger partial charge in [0.1, 0.15) is 5.76 Å². The van der Waals surface area contributed by atoms with Crippen molar-refractivity contribution in [3.8, 4) is 0 Å². The summed E-state index contributed by atoms with van der Waals surface area (Å²) in [7, 11) is 0. The molecule has 0 spiro atoms. The van der Waals surface area contributed by atoms with E-state index in [4.69, 9.17) is 16.0 Å². The maximum atomic E-state index is 11.8. The van der Waals surface area contributed by atoms with Crippen LogP contribution in [0.3, 0.4) is 0 Å². The minimum absolute atomic E-state index is 0.328. The van der Waals surface area contributed by atoms with E-state index in [-0.39, 0.29) is 0 Å². The lowest BCUT2D eigenvalue weighted by atomic mass is 10.2. The minimum Gasteiger partial charge on any atom is -0.469 e. The monoisotopic (exact) mass is 306 g/mol. The van der Waals surface area contributed by atoms with E-state index < -0.39 is 11.8 Å². The number of aryl methyl sites for hydroxylation is 1. The number of benzene rings is 1. The predicted molar refractivity (Wildman–Crippen MR) is 80.2 cm³/mol. The Balaban J connectivity index is 1.84. The number of carbonyl (C=O) groups excluding carboxylic acids is 2. The number of nitrogens with one attached hydrogen (secondary N) is 2. The third-order valence-electron chi connectivity index (χ3n) is 2.89. The average Bonchev–Trinajstić information content (AvgIpc) is 2.96. The Kier molecular flexibility index (Phi) is 5.00. The molecule has 0 aliphatic carbocycles. The predicted octanol–water partition coefficient (Wildman–Crippen LogP) is 2.54. The van der Waals surface area contributed by atoms with E-state index >= 15 is 0 Å². The molecule has 21 heavy (non-hydrogen) atoms. The molecule has 1 aromatic heterocycles. The van der Waals surface area contributed by atoms with Crippen LogP contribution < -0.4 is 10.6 Å². The van der Waals surface area contributed by atoms with Gasteiger partial charge >= 0.3 is 11.8 Å². The molecule has 2 amide bonds. The summed E-state index contributed by atoms with van der Waals surface area (Å²) in [5, 5.41) is 5.56. The summed E-state index contributed by atoms with van der Waals surface area (Å²) in [5.74, 6) is -0.665. The van der Waals surface area contributed by atoms with Crippen LogP contribution in [0, 0.1) is 6.92 Å². The zero-order valence-electron chi connectivity index (χ0n) is 11.5. The smallest absolute Gasteiger partial charge is 0.313 e. The summed E-state index contributed by atoms with van der Waals surface area (Å²) in [6, 6.07) is 8.67. The lowest BCUT2D eigenvalue weighted by Crippen LogP contribution is -2.36. The van der Waals surface area contributed by atoms with Crippen molar-refractivity contribution in [2.45, 2.75) is 13.3 Å². The Labute approximate surface area is 127 Å². The van der Waals surface area contributed by atoms with Crippen LogP contribution in [0.4, 0.5) is 5.69 Å². The van der Waals surface area contributed by atoms with E-state index in [9.17, 15) is 9.59 Å². The number of furan rings is 1. The Morgan fingerprint density at radius 2 is 2.05 bits per heavy atom. The quantitative estimate of drug-likeness (QED) is 0.853. The van der Waals surface area contributed by atoms with Crippen LogP contribution in [0.1, 0.15) is 11.3 Å². The van der Waals surface area contributed by atoms with Crippen molar-refractivity contribution in [3.63, 3.8) is 0 Å². The fourth-order valence-corrected chi connectivity index (χ4v) is 1.91. The normalized spacial score (nSPS) is 10.2. The maximum Gasteiger partial charge on any atom is 0.313 e. The average molecular weight is 307 g/mol. The molecule has 0 bridgehead atoms. The highest BCUT2D eigenvalue weighted by Gasteiger charge is 2.14. The molecular weight excluding hydrogens is 292 g/mol. The fraction of sp³-hybridized carbons (Fsp3) is 0.200. The van der Waals surface area contributed by atoms with Gasteiger partial charge in [0.25, 0.3) is 0 Å². The third kappa shape index (κ3) is 4.36. The second kappa shape index (κ2) is 6.95. The molecule has 1 heterocycles. The summed E-state index contributed by atoms with van der Waals surface area (Å²) in [6.07, 6.45) is 2.09. The third-order valence-corrected chi connectivity index (χ3v) is 3.13. The summed E-state index contributed by atoms with van der Waals surface area (Å²) in [5.41, 5.74) is 1.35. The van der Waals surface area contributed by atoms with Crippen molar-refractivity contribution < 1.29 is 14.0 Å². The van der Waals surface area contributed by atoms with E-state index in [1.165, 1.54) is 0 Å². The van der Waals surface area contributed by atoms with Crippen LogP contribution in [0.2, 0.25) is 5.02 Å². The molecule has 2 rings (SSSR count). The largest absolute Gasteiger partial charge is 0.469 e. The van der Waals surface area contributed by atoms with Gasteiger partial charge in [-0.1, -0.05) is 17.7 Å². The minimum atomic E-state index is -0.722. The first kappa shape index (κ1) is 15.1. The van der Waals surface area contributed by atoms with Gasteiger partial charge in [0.05, 0.1) is 6.26 Å². The Morgan fingerprint density at radius 1 is 1.24 bits per heavy atom. The number of hydrogen-bond donors (Lipinski definition) is 2. The van der Waals surface area contributed by atoms with E-state index in [1.807, 2.05) is 13.0 Å². The van der Waals surface area contributed by atoms with Crippen molar-refractivity contribution in [1.29, 1.82) is 0 Å². The van der Waals surface area contributed by atoms with Crippen molar-refractivity contribution in [1.82, 2.24) is 5.32 Å². The topological polar surface area (TPSA) is 71.3 Å². The first-order chi connectivity index (χ1) is 10.1. The molecule has 110 valence electrons. The number of carbonyl (C=O) groups is 2. The van der Waals surface area contributed by atoms with Gasteiger partial charge in [-0.3, -0.25) is 9.59 Å². The molecule has 2 N–H and O–H groups in total. The van der Waals surface area contributed by atoms with E-state index in [2.05, 4.69) is 10.6 Å². The second-order valence-corrected chi connectivity index (χ2v) is 4.94. The molecule has 5 nitrogen and oxygen atoms in total. The van der Waals surface area contributed by atoms with Crippen LogP contribution in [0.25, 0.3) is 0 Å². The number of halogens is 1. The van der Waals surface area contributed by atoms with Gasteiger partial charge in [-0.25, -0.2) is 0 Å². The first-order valence-corrected chi connectivity index (χ1v) is 6.82. The highest BCUT2D eigenvalue weighted by Crippen LogP contribution is 2.19. The van der Waals surface area contributed by atoms with Crippen LogP contribution in [0.5, 0.6) is 0 Å². The maximum absolute atomic E-state index is 11.8. The molecule has 0 atom stereocenters. The zero-order chi connectivity index (χ0) is 15.2. The molecule has 0 saturated heterocycles. The van der Waals surface area contributed by atoms with Gasteiger partial charge in [0.15, 0.2) is 0 Å². The van der Waals surface area contributed by atoms with E-state index in [0.29, 0.717) is 23.7 Å². The number of anilines is 1.